The summed E-state index contributed by atoms with van der Waals surface area (Å²) in [7, 11) is 0. The van der Waals surface area contributed by atoms with Crippen molar-refractivity contribution in [1.82, 2.24) is 5.32 Å². The van der Waals surface area contributed by atoms with Crippen LogP contribution in [0.4, 0.5) is 10.5 Å². The quantitative estimate of drug-likeness (QED) is 0.703. The number of rotatable bonds is 4. The van der Waals surface area contributed by atoms with Gasteiger partial charge in [-0.3, -0.25) is 0 Å². The summed E-state index contributed by atoms with van der Waals surface area (Å²) >= 11 is 6.47. The first-order chi connectivity index (χ1) is 9.22. The molecule has 0 bridgehead atoms. The summed E-state index contributed by atoms with van der Waals surface area (Å²) < 4.78 is 1.11. The molecule has 110 valence electrons. The number of halogens is 2. The maximum Gasteiger partial charge on any atom is 0.337 e. The Hall–Kier alpha value is -1.08. The number of carboxylic acids is 1. The van der Waals surface area contributed by atoms with Crippen molar-refractivity contribution in [3.05, 3.63) is 26.6 Å². The fourth-order valence-electron chi connectivity index (χ4n) is 1.39. The molecular weight excluding hydrogens is 392 g/mol. The molecule has 0 fully saturated rings. The Morgan fingerprint density at radius 3 is 2.30 bits per heavy atom. The van der Waals surface area contributed by atoms with Gasteiger partial charge < -0.3 is 15.7 Å². The Morgan fingerprint density at radius 1 is 1.20 bits per heavy atom. The fraction of sp³-hybridized carbons (Fsp3) is 0.385. The van der Waals surface area contributed by atoms with Gasteiger partial charge in [0.25, 0.3) is 0 Å². The van der Waals surface area contributed by atoms with Gasteiger partial charge in [0, 0.05) is 15.0 Å². The molecule has 1 aromatic rings. The molecule has 0 spiro atoms. The number of carbonyl (C=O) groups is 2. The molecule has 3 N–H and O–H groups in total. The number of benzene rings is 1. The second-order valence-corrected chi connectivity index (χ2v) is 6.52. The first-order valence-corrected chi connectivity index (χ1v) is 7.60. The Bertz CT molecular complexity index is 533. The van der Waals surface area contributed by atoms with Crippen LogP contribution in [0, 0.1) is 5.92 Å². The number of anilines is 1. The summed E-state index contributed by atoms with van der Waals surface area (Å²) in [6.45, 7) is 5.87. The molecule has 0 radical (unpaired) electrons. The Labute approximate surface area is 134 Å². The van der Waals surface area contributed by atoms with Crippen LogP contribution < -0.4 is 10.6 Å². The highest BCUT2D eigenvalue weighted by atomic mass is 79.9. The number of hydrogen-bond acceptors (Lipinski definition) is 2. The molecule has 1 aromatic carbocycles. The summed E-state index contributed by atoms with van der Waals surface area (Å²) in [6.07, 6.45) is 0. The van der Waals surface area contributed by atoms with Crippen molar-refractivity contribution in [2.75, 3.05) is 5.32 Å². The van der Waals surface area contributed by atoms with Crippen molar-refractivity contribution in [1.29, 1.82) is 0 Å². The topological polar surface area (TPSA) is 78.4 Å². The number of amides is 2. The molecule has 1 atom stereocenters. The first kappa shape index (κ1) is 17.0. The van der Waals surface area contributed by atoms with Gasteiger partial charge in [-0.05, 0) is 40.9 Å². The highest BCUT2D eigenvalue weighted by Gasteiger charge is 2.18. The SMILES string of the molecule is CC(C)C(C)NC(=O)Nc1c(Br)cc(Br)cc1C(=O)O. The third-order valence-corrected chi connectivity index (χ3v) is 3.97. The summed E-state index contributed by atoms with van der Waals surface area (Å²) in [5, 5.41) is 14.5. The number of urea groups is 1. The van der Waals surface area contributed by atoms with Crippen LogP contribution in [0.1, 0.15) is 31.1 Å². The van der Waals surface area contributed by atoms with Crippen molar-refractivity contribution < 1.29 is 14.7 Å². The first-order valence-electron chi connectivity index (χ1n) is 6.02. The van der Waals surface area contributed by atoms with Crippen LogP contribution in [-0.4, -0.2) is 23.1 Å². The minimum atomic E-state index is -1.11. The van der Waals surface area contributed by atoms with Crippen molar-refractivity contribution in [3.63, 3.8) is 0 Å². The van der Waals surface area contributed by atoms with Crippen LogP contribution in [0.5, 0.6) is 0 Å². The van der Waals surface area contributed by atoms with E-state index in [0.29, 0.717) is 8.95 Å². The minimum absolute atomic E-state index is 0.0126. The van der Waals surface area contributed by atoms with Gasteiger partial charge in [-0.25, -0.2) is 9.59 Å². The molecule has 0 aromatic heterocycles. The second-order valence-electron chi connectivity index (χ2n) is 4.75. The normalized spacial score (nSPS) is 12.1. The van der Waals surface area contributed by atoms with Gasteiger partial charge >= 0.3 is 12.0 Å². The van der Waals surface area contributed by atoms with Gasteiger partial charge in [-0.1, -0.05) is 29.8 Å². The fourth-order valence-corrected chi connectivity index (χ4v) is 2.72. The standard InChI is InChI=1S/C13H16Br2N2O3/c1-6(2)7(3)16-13(20)17-11-9(12(18)19)4-8(14)5-10(11)15/h4-7H,1-3H3,(H,18,19)(H2,16,17,20). The molecule has 20 heavy (non-hydrogen) atoms. The van der Waals surface area contributed by atoms with Gasteiger partial charge in [0.05, 0.1) is 11.3 Å². The monoisotopic (exact) mass is 406 g/mol. The van der Waals surface area contributed by atoms with Gasteiger partial charge in [-0.15, -0.1) is 0 Å². The van der Waals surface area contributed by atoms with Gasteiger partial charge in [0.1, 0.15) is 0 Å². The van der Waals surface area contributed by atoms with Crippen LogP contribution >= 0.6 is 31.9 Å². The Kier molecular flexibility index (Phi) is 6.01. The maximum absolute atomic E-state index is 11.9. The summed E-state index contributed by atoms with van der Waals surface area (Å²) in [4.78, 5) is 23.1. The number of aromatic carboxylic acids is 1. The number of carbonyl (C=O) groups excluding carboxylic acids is 1. The van der Waals surface area contributed by atoms with Crippen molar-refractivity contribution >= 4 is 49.5 Å². The number of nitrogens with one attached hydrogen (secondary N) is 2. The minimum Gasteiger partial charge on any atom is -0.478 e. The lowest BCUT2D eigenvalue weighted by Gasteiger charge is -2.19. The molecule has 1 rings (SSSR count). The molecule has 0 saturated carbocycles. The molecule has 0 heterocycles. The van der Waals surface area contributed by atoms with E-state index in [4.69, 9.17) is 0 Å². The van der Waals surface area contributed by atoms with E-state index in [1.165, 1.54) is 6.07 Å². The van der Waals surface area contributed by atoms with Crippen molar-refractivity contribution in [2.45, 2.75) is 26.8 Å². The molecule has 0 aliphatic carbocycles. The molecule has 2 amide bonds. The average Bonchev–Trinajstić information content (AvgIpc) is 2.31. The highest BCUT2D eigenvalue weighted by Crippen LogP contribution is 2.30. The molecule has 5 nitrogen and oxygen atoms in total. The molecule has 0 aliphatic rings. The lowest BCUT2D eigenvalue weighted by atomic mass is 10.1. The van der Waals surface area contributed by atoms with Crippen LogP contribution in [0.3, 0.4) is 0 Å². The summed E-state index contributed by atoms with van der Waals surface area (Å²) in [5.74, 6) is -0.827. The van der Waals surface area contributed by atoms with Crippen molar-refractivity contribution in [3.8, 4) is 0 Å². The Balaban J connectivity index is 2.97. The van der Waals surface area contributed by atoms with E-state index in [1.54, 1.807) is 6.07 Å². The van der Waals surface area contributed by atoms with E-state index in [0.717, 1.165) is 0 Å². The van der Waals surface area contributed by atoms with Crippen LogP contribution in [0.15, 0.2) is 21.1 Å². The number of carboxylic acid groups (broad SMARTS) is 1. The highest BCUT2D eigenvalue weighted by molar-refractivity contribution is 9.11. The third kappa shape index (κ3) is 4.49. The zero-order valence-corrected chi connectivity index (χ0v) is 14.5. The van der Waals surface area contributed by atoms with Gasteiger partial charge in [0.2, 0.25) is 0 Å². The third-order valence-electron chi connectivity index (χ3n) is 2.88. The molecule has 1 unspecified atom stereocenters. The van der Waals surface area contributed by atoms with Crippen LogP contribution in [0.25, 0.3) is 0 Å². The maximum atomic E-state index is 11.9. The van der Waals surface area contributed by atoms with Gasteiger partial charge in [-0.2, -0.15) is 0 Å². The summed E-state index contributed by atoms with van der Waals surface area (Å²) in [5.41, 5.74) is 0.243. The summed E-state index contributed by atoms with van der Waals surface area (Å²) in [6, 6.07) is 2.66. The van der Waals surface area contributed by atoms with E-state index < -0.39 is 12.0 Å². The molecule has 7 heteroatoms. The zero-order chi connectivity index (χ0) is 15.4. The molecule has 0 saturated heterocycles. The van der Waals surface area contributed by atoms with E-state index in [-0.39, 0.29) is 23.2 Å². The second kappa shape index (κ2) is 7.08. The van der Waals surface area contributed by atoms with Gasteiger partial charge in [0.15, 0.2) is 0 Å². The molecular formula is C13H16Br2N2O3. The number of hydrogen-bond donors (Lipinski definition) is 3. The van der Waals surface area contributed by atoms with E-state index in [9.17, 15) is 14.7 Å². The predicted octanol–water partition coefficient (Wildman–Crippen LogP) is 4.08. The van der Waals surface area contributed by atoms with Crippen molar-refractivity contribution in [2.24, 2.45) is 5.92 Å². The zero-order valence-electron chi connectivity index (χ0n) is 11.3. The van der Waals surface area contributed by atoms with E-state index in [2.05, 4.69) is 42.5 Å². The lowest BCUT2D eigenvalue weighted by molar-refractivity contribution is 0.0698. The largest absolute Gasteiger partial charge is 0.478 e. The Morgan fingerprint density at radius 2 is 1.80 bits per heavy atom. The van der Waals surface area contributed by atoms with Crippen LogP contribution in [0.2, 0.25) is 0 Å². The van der Waals surface area contributed by atoms with E-state index >= 15 is 0 Å². The lowest BCUT2D eigenvalue weighted by Crippen LogP contribution is -2.39. The van der Waals surface area contributed by atoms with E-state index in [1.807, 2.05) is 20.8 Å². The predicted molar refractivity (Wildman–Crippen MR) is 85.3 cm³/mol. The molecule has 0 aliphatic heterocycles. The average molecular weight is 408 g/mol. The smallest absolute Gasteiger partial charge is 0.337 e. The van der Waals surface area contributed by atoms with Crippen LogP contribution in [-0.2, 0) is 0 Å².